The van der Waals surface area contributed by atoms with Crippen LogP contribution in [0.1, 0.15) is 44.2 Å². The lowest BCUT2D eigenvalue weighted by molar-refractivity contribution is -0.130. The Labute approximate surface area is 154 Å². The molecule has 1 aliphatic heterocycles. The van der Waals surface area contributed by atoms with E-state index in [2.05, 4.69) is 27.0 Å². The van der Waals surface area contributed by atoms with Gasteiger partial charge in [0.2, 0.25) is 5.91 Å². The molecule has 4 rings (SSSR count). The molecule has 4 amide bonds. The molecule has 1 aromatic carbocycles. The number of nitrogens with one attached hydrogen (secondary N) is 3. The number of aromatic nitrogens is 1. The van der Waals surface area contributed by atoms with Crippen LogP contribution in [0.3, 0.4) is 0 Å². The van der Waals surface area contributed by atoms with Crippen LogP contribution in [0.5, 0.6) is 0 Å². The first-order valence-electron chi connectivity index (χ1n) is 8.74. The highest BCUT2D eigenvalue weighted by Crippen LogP contribution is 2.34. The molecule has 1 aromatic heterocycles. The van der Waals surface area contributed by atoms with E-state index in [-0.39, 0.29) is 23.8 Å². The summed E-state index contributed by atoms with van der Waals surface area (Å²) in [4.78, 5) is 40.3. The number of fused-ring (bicyclic) bond motifs is 1. The van der Waals surface area contributed by atoms with Gasteiger partial charge in [-0.2, -0.15) is 0 Å². The molecule has 26 heavy (non-hydrogen) atoms. The summed E-state index contributed by atoms with van der Waals surface area (Å²) >= 11 is 1.58. The Morgan fingerprint density at radius 3 is 2.81 bits per heavy atom. The second-order valence-corrected chi connectivity index (χ2v) is 7.96. The number of carbonyl (C=O) groups excluding carboxylic acids is 3. The highest BCUT2D eigenvalue weighted by atomic mass is 32.1. The number of rotatable bonds is 3. The van der Waals surface area contributed by atoms with Crippen LogP contribution in [0.15, 0.2) is 23.7 Å². The smallest absolute Gasteiger partial charge is 0.322 e. The standard InChI is InChI=1S/C18H20N4O3S/c1-10(12-2-3-13-14(8-12)26-9-19-13)20-15(23)11-4-6-18(7-5-11)16(24)21-17(25)22-18/h2-3,8-11H,4-7H2,1H3,(H,20,23)(H2,21,22,24,25)/t10-,11?,18?/m0/s1. The maximum Gasteiger partial charge on any atom is 0.322 e. The van der Waals surface area contributed by atoms with Crippen molar-refractivity contribution < 1.29 is 14.4 Å². The van der Waals surface area contributed by atoms with Crippen molar-refractivity contribution in [1.82, 2.24) is 20.9 Å². The topological polar surface area (TPSA) is 100 Å². The lowest BCUT2D eigenvalue weighted by Gasteiger charge is -2.34. The van der Waals surface area contributed by atoms with E-state index < -0.39 is 11.6 Å². The first kappa shape index (κ1) is 17.0. The van der Waals surface area contributed by atoms with Crippen molar-refractivity contribution in [2.75, 3.05) is 0 Å². The molecular formula is C18H20N4O3S. The van der Waals surface area contributed by atoms with Gasteiger partial charge in [-0.15, -0.1) is 11.3 Å². The number of hydrogen-bond acceptors (Lipinski definition) is 5. The Bertz CT molecular complexity index is 885. The maximum atomic E-state index is 12.6. The summed E-state index contributed by atoms with van der Waals surface area (Å²) < 4.78 is 1.10. The molecular weight excluding hydrogens is 352 g/mol. The monoisotopic (exact) mass is 372 g/mol. The minimum atomic E-state index is -0.823. The van der Waals surface area contributed by atoms with Crippen molar-refractivity contribution in [3.63, 3.8) is 0 Å². The number of urea groups is 1. The predicted octanol–water partition coefficient (Wildman–Crippen LogP) is 2.24. The van der Waals surface area contributed by atoms with Gasteiger partial charge in [-0.3, -0.25) is 14.9 Å². The fourth-order valence-corrected chi connectivity index (χ4v) is 4.53. The zero-order valence-corrected chi connectivity index (χ0v) is 15.2. The SMILES string of the molecule is C[C@H](NC(=O)C1CCC2(CC1)NC(=O)NC2=O)c1ccc2ncsc2c1. The number of hydrogen-bond donors (Lipinski definition) is 3. The Morgan fingerprint density at radius 2 is 2.12 bits per heavy atom. The molecule has 3 N–H and O–H groups in total. The lowest BCUT2D eigenvalue weighted by Crippen LogP contribution is -2.51. The molecule has 0 unspecified atom stereocenters. The third kappa shape index (κ3) is 2.94. The van der Waals surface area contributed by atoms with Gasteiger partial charge in [0.1, 0.15) is 5.54 Å². The van der Waals surface area contributed by atoms with Gasteiger partial charge in [-0.25, -0.2) is 9.78 Å². The molecule has 136 valence electrons. The third-order valence-corrected chi connectivity index (χ3v) is 6.23. The number of carbonyl (C=O) groups is 3. The molecule has 1 saturated carbocycles. The van der Waals surface area contributed by atoms with E-state index in [1.807, 2.05) is 24.6 Å². The normalized spacial score (nSPS) is 26.6. The number of thiazole rings is 1. The average Bonchev–Trinajstić information content (AvgIpc) is 3.19. The largest absolute Gasteiger partial charge is 0.349 e. The van der Waals surface area contributed by atoms with Gasteiger partial charge < -0.3 is 10.6 Å². The van der Waals surface area contributed by atoms with Crippen molar-refractivity contribution in [3.05, 3.63) is 29.3 Å². The van der Waals surface area contributed by atoms with Gasteiger partial charge >= 0.3 is 6.03 Å². The lowest BCUT2D eigenvalue weighted by atomic mass is 9.76. The predicted molar refractivity (Wildman–Crippen MR) is 97.5 cm³/mol. The number of imide groups is 1. The van der Waals surface area contributed by atoms with Crippen LogP contribution in [-0.2, 0) is 9.59 Å². The molecule has 1 atom stereocenters. The summed E-state index contributed by atoms with van der Waals surface area (Å²) in [6, 6.07) is 5.48. The van der Waals surface area contributed by atoms with Crippen LogP contribution in [0.2, 0.25) is 0 Å². The van der Waals surface area contributed by atoms with Crippen LogP contribution < -0.4 is 16.0 Å². The van der Waals surface area contributed by atoms with Crippen LogP contribution in [0, 0.1) is 5.92 Å². The van der Waals surface area contributed by atoms with Crippen molar-refractivity contribution in [1.29, 1.82) is 0 Å². The number of nitrogens with zero attached hydrogens (tertiary/aromatic N) is 1. The van der Waals surface area contributed by atoms with Gasteiger partial charge in [-0.1, -0.05) is 6.07 Å². The highest BCUT2D eigenvalue weighted by Gasteiger charge is 2.48. The third-order valence-electron chi connectivity index (χ3n) is 5.44. The van der Waals surface area contributed by atoms with E-state index in [0.717, 1.165) is 15.8 Å². The Kier molecular flexibility index (Phi) is 4.14. The zero-order chi connectivity index (χ0) is 18.3. The molecule has 1 aliphatic carbocycles. The van der Waals surface area contributed by atoms with Crippen molar-refractivity contribution in [2.24, 2.45) is 5.92 Å². The summed E-state index contributed by atoms with van der Waals surface area (Å²) in [6.45, 7) is 1.97. The van der Waals surface area contributed by atoms with Crippen LogP contribution in [0.25, 0.3) is 10.2 Å². The molecule has 2 fully saturated rings. The van der Waals surface area contributed by atoms with E-state index in [0.29, 0.717) is 25.7 Å². The van der Waals surface area contributed by atoms with Gasteiger partial charge in [0, 0.05) is 5.92 Å². The number of amides is 4. The molecule has 2 aromatic rings. The van der Waals surface area contributed by atoms with Gasteiger partial charge in [0.25, 0.3) is 5.91 Å². The Hall–Kier alpha value is -2.48. The van der Waals surface area contributed by atoms with E-state index in [1.165, 1.54) is 0 Å². The first-order chi connectivity index (χ1) is 12.5. The molecule has 0 bridgehead atoms. The summed E-state index contributed by atoms with van der Waals surface area (Å²) in [5.41, 5.74) is 3.00. The Morgan fingerprint density at radius 1 is 1.35 bits per heavy atom. The number of benzene rings is 1. The molecule has 0 radical (unpaired) electrons. The van der Waals surface area contributed by atoms with E-state index in [4.69, 9.17) is 0 Å². The van der Waals surface area contributed by atoms with Crippen molar-refractivity contribution in [2.45, 2.75) is 44.2 Å². The first-order valence-corrected chi connectivity index (χ1v) is 9.62. The summed E-state index contributed by atoms with van der Waals surface area (Å²) in [5.74, 6) is -0.408. The highest BCUT2D eigenvalue weighted by molar-refractivity contribution is 7.16. The van der Waals surface area contributed by atoms with Crippen LogP contribution in [0.4, 0.5) is 4.79 Å². The van der Waals surface area contributed by atoms with E-state index in [9.17, 15) is 14.4 Å². The Balaban J connectivity index is 1.38. The minimum Gasteiger partial charge on any atom is -0.349 e. The van der Waals surface area contributed by atoms with Gasteiger partial charge in [0.05, 0.1) is 21.8 Å². The van der Waals surface area contributed by atoms with Crippen molar-refractivity contribution in [3.8, 4) is 0 Å². The quantitative estimate of drug-likeness (QED) is 0.720. The van der Waals surface area contributed by atoms with Gasteiger partial charge in [-0.05, 0) is 50.3 Å². The average molecular weight is 372 g/mol. The second kappa shape index (κ2) is 6.35. The summed E-state index contributed by atoms with van der Waals surface area (Å²) in [6.07, 6.45) is 2.15. The van der Waals surface area contributed by atoms with Crippen molar-refractivity contribution >= 4 is 39.4 Å². The zero-order valence-electron chi connectivity index (χ0n) is 14.4. The summed E-state index contributed by atoms with van der Waals surface area (Å²) in [5, 5.41) is 8.10. The second-order valence-electron chi connectivity index (χ2n) is 7.07. The molecule has 2 heterocycles. The molecule has 1 saturated heterocycles. The fraction of sp³-hybridized carbons (Fsp3) is 0.444. The molecule has 8 heteroatoms. The van der Waals surface area contributed by atoms with Gasteiger partial charge in [0.15, 0.2) is 0 Å². The minimum absolute atomic E-state index is 0.00137. The fourth-order valence-electron chi connectivity index (χ4n) is 3.81. The molecule has 2 aliphatic rings. The maximum absolute atomic E-state index is 12.6. The molecule has 1 spiro atoms. The molecule has 7 nitrogen and oxygen atoms in total. The van der Waals surface area contributed by atoms with E-state index in [1.54, 1.807) is 11.3 Å². The summed E-state index contributed by atoms with van der Waals surface area (Å²) in [7, 11) is 0. The van der Waals surface area contributed by atoms with Crippen LogP contribution in [-0.4, -0.2) is 28.4 Å². The van der Waals surface area contributed by atoms with Crippen LogP contribution >= 0.6 is 11.3 Å². The van der Waals surface area contributed by atoms with E-state index >= 15 is 0 Å².